The lowest BCUT2D eigenvalue weighted by atomic mass is 10.1. The van der Waals surface area contributed by atoms with Crippen molar-refractivity contribution in [3.8, 4) is 17.1 Å². The molecule has 0 fully saturated rings. The van der Waals surface area contributed by atoms with Gasteiger partial charge in [0.2, 0.25) is 0 Å². The molecule has 166 valence electrons. The van der Waals surface area contributed by atoms with E-state index in [1.807, 2.05) is 66.1 Å². The average molecular weight is 456 g/mol. The zero-order chi connectivity index (χ0) is 23.2. The number of hydrogen-bond acceptors (Lipinski definition) is 5. The van der Waals surface area contributed by atoms with Crippen molar-refractivity contribution in [2.75, 3.05) is 5.75 Å². The van der Waals surface area contributed by atoms with E-state index in [2.05, 4.69) is 58.8 Å². The number of hydrazone groups is 1. The van der Waals surface area contributed by atoms with E-state index in [9.17, 15) is 4.79 Å². The smallest absolute Gasteiger partial charge is 0.250 e. The van der Waals surface area contributed by atoms with E-state index in [0.29, 0.717) is 5.16 Å². The van der Waals surface area contributed by atoms with Crippen molar-refractivity contribution in [2.24, 2.45) is 5.10 Å². The molecule has 4 aromatic rings. The molecule has 0 saturated heterocycles. The Bertz CT molecular complexity index is 1260. The highest BCUT2D eigenvalue weighted by Gasteiger charge is 2.17. The van der Waals surface area contributed by atoms with Crippen LogP contribution < -0.4 is 5.43 Å². The maximum Gasteiger partial charge on any atom is 0.250 e. The van der Waals surface area contributed by atoms with Crippen LogP contribution in [0.25, 0.3) is 17.1 Å². The van der Waals surface area contributed by atoms with Crippen LogP contribution in [-0.4, -0.2) is 32.1 Å². The van der Waals surface area contributed by atoms with Gasteiger partial charge in [-0.1, -0.05) is 89.6 Å². The third-order valence-corrected chi connectivity index (χ3v) is 6.04. The van der Waals surface area contributed by atoms with E-state index in [0.717, 1.165) is 28.4 Å². The van der Waals surface area contributed by atoms with Crippen LogP contribution in [0.1, 0.15) is 23.6 Å². The predicted molar refractivity (Wildman–Crippen MR) is 134 cm³/mol. The van der Waals surface area contributed by atoms with E-state index in [1.54, 1.807) is 0 Å². The fourth-order valence-corrected chi connectivity index (χ4v) is 3.98. The van der Waals surface area contributed by atoms with Gasteiger partial charge >= 0.3 is 0 Å². The average Bonchev–Trinajstić information content (AvgIpc) is 3.26. The minimum atomic E-state index is -0.203. The zero-order valence-corrected chi connectivity index (χ0v) is 19.6. The Morgan fingerprint density at radius 3 is 2.21 bits per heavy atom. The first-order valence-corrected chi connectivity index (χ1v) is 11.6. The number of carbonyl (C=O) groups is 1. The van der Waals surface area contributed by atoms with E-state index in [1.165, 1.54) is 22.9 Å². The molecule has 0 atom stereocenters. The number of nitrogens with one attached hydrogen (secondary N) is 1. The molecule has 4 rings (SSSR count). The van der Waals surface area contributed by atoms with Gasteiger partial charge < -0.3 is 0 Å². The molecule has 0 aliphatic heterocycles. The summed E-state index contributed by atoms with van der Waals surface area (Å²) in [4.78, 5) is 12.5. The molecule has 6 nitrogen and oxygen atoms in total. The normalized spacial score (nSPS) is 11.4. The van der Waals surface area contributed by atoms with Gasteiger partial charge in [-0.15, -0.1) is 10.2 Å². The molecule has 7 heteroatoms. The minimum Gasteiger partial charge on any atom is -0.272 e. The van der Waals surface area contributed by atoms with E-state index in [4.69, 9.17) is 0 Å². The maximum absolute atomic E-state index is 12.5. The number of aryl methyl sites for hydroxylation is 2. The highest BCUT2D eigenvalue weighted by molar-refractivity contribution is 7.99. The van der Waals surface area contributed by atoms with Crippen molar-refractivity contribution in [2.45, 2.75) is 25.9 Å². The van der Waals surface area contributed by atoms with Gasteiger partial charge in [-0.3, -0.25) is 9.36 Å². The van der Waals surface area contributed by atoms with Gasteiger partial charge in [0.05, 0.1) is 11.5 Å². The summed E-state index contributed by atoms with van der Waals surface area (Å²) in [6, 6.07) is 26.1. The summed E-state index contributed by atoms with van der Waals surface area (Å²) in [6.07, 6.45) is 0. The second-order valence-electron chi connectivity index (χ2n) is 7.73. The van der Waals surface area contributed by atoms with Crippen LogP contribution in [0.3, 0.4) is 0 Å². The van der Waals surface area contributed by atoms with Gasteiger partial charge in [-0.25, -0.2) is 5.43 Å². The van der Waals surface area contributed by atoms with Gasteiger partial charge in [0.15, 0.2) is 11.0 Å². The Morgan fingerprint density at radius 2 is 1.55 bits per heavy atom. The van der Waals surface area contributed by atoms with E-state index in [-0.39, 0.29) is 11.7 Å². The van der Waals surface area contributed by atoms with Crippen LogP contribution in [0.4, 0.5) is 0 Å². The molecule has 0 saturated carbocycles. The van der Waals surface area contributed by atoms with Crippen LogP contribution >= 0.6 is 11.8 Å². The Labute approximate surface area is 197 Å². The number of thioether (sulfide) groups is 1. The van der Waals surface area contributed by atoms with Crippen LogP contribution in [0.15, 0.2) is 89.1 Å². The first-order chi connectivity index (χ1) is 16.0. The summed E-state index contributed by atoms with van der Waals surface area (Å²) >= 11 is 1.33. The topological polar surface area (TPSA) is 72.2 Å². The molecule has 0 aliphatic carbocycles. The first kappa shape index (κ1) is 22.5. The predicted octanol–water partition coefficient (Wildman–Crippen LogP) is 5.18. The third kappa shape index (κ3) is 5.56. The lowest BCUT2D eigenvalue weighted by Gasteiger charge is -2.11. The number of rotatable bonds is 7. The minimum absolute atomic E-state index is 0.170. The van der Waals surface area contributed by atoms with Crippen molar-refractivity contribution >= 4 is 23.4 Å². The van der Waals surface area contributed by atoms with Gasteiger partial charge in [0, 0.05) is 11.3 Å². The molecule has 1 heterocycles. The molecule has 1 N–H and O–H groups in total. The van der Waals surface area contributed by atoms with Crippen molar-refractivity contribution < 1.29 is 4.79 Å². The standard InChI is InChI=1S/C26H25N5OS/c1-18-9-13-22(14-10-18)25-29-30-26(31(25)23-15-11-19(2)12-16-23)33-17-24(32)28-27-20(3)21-7-5-4-6-8-21/h4-16H,17H2,1-3H3,(H,28,32)/b27-20-. The molecule has 0 unspecified atom stereocenters. The largest absolute Gasteiger partial charge is 0.272 e. The quantitative estimate of drug-likeness (QED) is 0.237. The summed E-state index contributed by atoms with van der Waals surface area (Å²) < 4.78 is 1.99. The summed E-state index contributed by atoms with van der Waals surface area (Å²) in [5, 5.41) is 13.7. The molecular formula is C26H25N5OS. The second-order valence-corrected chi connectivity index (χ2v) is 8.67. The molecule has 0 bridgehead atoms. The molecular weight excluding hydrogens is 430 g/mol. The van der Waals surface area contributed by atoms with E-state index >= 15 is 0 Å². The monoisotopic (exact) mass is 455 g/mol. The summed E-state index contributed by atoms with van der Waals surface area (Å²) in [5.74, 6) is 0.703. The molecule has 0 aliphatic rings. The second kappa shape index (κ2) is 10.3. The number of nitrogens with zero attached hydrogens (tertiary/aromatic N) is 4. The maximum atomic E-state index is 12.5. The van der Waals surface area contributed by atoms with Gasteiger partial charge in [0.25, 0.3) is 5.91 Å². The molecule has 1 aromatic heterocycles. The Hall–Kier alpha value is -3.71. The van der Waals surface area contributed by atoms with E-state index < -0.39 is 0 Å². The lowest BCUT2D eigenvalue weighted by molar-refractivity contribution is -0.118. The Balaban J connectivity index is 1.54. The van der Waals surface area contributed by atoms with Crippen LogP contribution in [0.2, 0.25) is 0 Å². The van der Waals surface area contributed by atoms with Crippen LogP contribution in [0, 0.1) is 13.8 Å². The number of carbonyl (C=O) groups excluding carboxylic acids is 1. The molecule has 0 radical (unpaired) electrons. The number of amides is 1. The first-order valence-electron chi connectivity index (χ1n) is 10.6. The fourth-order valence-electron chi connectivity index (χ4n) is 3.23. The molecule has 0 spiro atoms. The summed E-state index contributed by atoms with van der Waals surface area (Å²) in [6.45, 7) is 5.97. The Morgan fingerprint density at radius 1 is 0.909 bits per heavy atom. The highest BCUT2D eigenvalue weighted by atomic mass is 32.2. The van der Waals surface area contributed by atoms with Gasteiger partial charge in [0.1, 0.15) is 0 Å². The number of hydrogen-bond donors (Lipinski definition) is 1. The van der Waals surface area contributed by atoms with Crippen molar-refractivity contribution in [1.82, 2.24) is 20.2 Å². The van der Waals surface area contributed by atoms with Crippen LogP contribution in [0.5, 0.6) is 0 Å². The van der Waals surface area contributed by atoms with Gasteiger partial charge in [-0.2, -0.15) is 5.10 Å². The summed E-state index contributed by atoms with van der Waals surface area (Å²) in [5.41, 5.74) is 8.61. The lowest BCUT2D eigenvalue weighted by Crippen LogP contribution is -2.21. The molecule has 33 heavy (non-hydrogen) atoms. The number of benzene rings is 3. The van der Waals surface area contributed by atoms with Crippen molar-refractivity contribution in [3.63, 3.8) is 0 Å². The zero-order valence-electron chi connectivity index (χ0n) is 18.8. The SMILES string of the molecule is C/C(=N/NC(=O)CSc1nnc(-c2ccc(C)cc2)n1-c1ccc(C)cc1)c1ccccc1. The fraction of sp³-hybridized carbons (Fsp3) is 0.154. The van der Waals surface area contributed by atoms with Crippen molar-refractivity contribution in [3.05, 3.63) is 95.6 Å². The Kier molecular flexibility index (Phi) is 7.00. The third-order valence-electron chi connectivity index (χ3n) is 5.11. The van der Waals surface area contributed by atoms with Crippen molar-refractivity contribution in [1.29, 1.82) is 0 Å². The molecule has 1 amide bonds. The van der Waals surface area contributed by atoms with Crippen LogP contribution in [-0.2, 0) is 4.79 Å². The highest BCUT2D eigenvalue weighted by Crippen LogP contribution is 2.28. The van der Waals surface area contributed by atoms with Gasteiger partial charge in [-0.05, 0) is 38.5 Å². The summed E-state index contributed by atoms with van der Waals surface area (Å²) in [7, 11) is 0. The number of aromatic nitrogens is 3. The molecule has 3 aromatic carbocycles.